The Morgan fingerprint density at radius 2 is 2.00 bits per heavy atom. The Hall–Kier alpha value is -1.20. The first-order valence-corrected chi connectivity index (χ1v) is 8.75. The first-order chi connectivity index (χ1) is 10.9. The van der Waals surface area contributed by atoms with E-state index in [1.165, 1.54) is 7.11 Å². The quantitative estimate of drug-likeness (QED) is 0.586. The van der Waals surface area contributed by atoms with Gasteiger partial charge in [0.25, 0.3) is 0 Å². The van der Waals surface area contributed by atoms with E-state index < -0.39 is 27.4 Å². The lowest BCUT2D eigenvalue weighted by atomic mass is 9.50. The van der Waals surface area contributed by atoms with Crippen molar-refractivity contribution in [2.45, 2.75) is 47.6 Å². The lowest BCUT2D eigenvalue weighted by molar-refractivity contribution is -0.276. The molecule has 3 heterocycles. The highest BCUT2D eigenvalue weighted by Crippen LogP contribution is 2.68. The molecule has 0 aromatic heterocycles. The van der Waals surface area contributed by atoms with Crippen molar-refractivity contribution in [2.75, 3.05) is 7.11 Å². The fourth-order valence-electron chi connectivity index (χ4n) is 4.93. The van der Waals surface area contributed by atoms with Crippen molar-refractivity contribution in [1.29, 1.82) is 0 Å². The summed E-state index contributed by atoms with van der Waals surface area (Å²) in [5, 5.41) is 0. The molecule has 5 aliphatic rings. The van der Waals surface area contributed by atoms with E-state index in [0.717, 1.165) is 12.0 Å². The van der Waals surface area contributed by atoms with Crippen LogP contribution in [0.25, 0.3) is 0 Å². The highest BCUT2D eigenvalue weighted by molar-refractivity contribution is 9.10. The van der Waals surface area contributed by atoms with E-state index in [0.29, 0.717) is 12.8 Å². The van der Waals surface area contributed by atoms with E-state index in [4.69, 9.17) is 9.47 Å². The third kappa shape index (κ3) is 1.65. The van der Waals surface area contributed by atoms with Crippen LogP contribution in [-0.2, 0) is 19.1 Å². The number of hydrogen-bond acceptors (Lipinski definition) is 4. The maximum atomic E-state index is 13.3. The Labute approximate surface area is 143 Å². The average Bonchev–Trinajstić information content (AvgIpc) is 2.56. The number of esters is 1. The molecule has 1 aromatic rings. The van der Waals surface area contributed by atoms with Crippen LogP contribution < -0.4 is 0 Å². The van der Waals surface area contributed by atoms with Gasteiger partial charge in [-0.05, 0) is 31.7 Å². The number of methoxy groups -OCH3 is 1. The van der Waals surface area contributed by atoms with E-state index in [-0.39, 0.29) is 11.7 Å². The Balaban J connectivity index is 1.92. The Morgan fingerprint density at radius 1 is 1.30 bits per heavy atom. The molecule has 23 heavy (non-hydrogen) atoms. The Bertz CT molecular complexity index is 690. The highest BCUT2D eigenvalue weighted by Gasteiger charge is 2.78. The summed E-state index contributed by atoms with van der Waals surface area (Å²) >= 11 is 3.78. The second-order valence-corrected chi connectivity index (χ2v) is 8.30. The van der Waals surface area contributed by atoms with Gasteiger partial charge in [0.05, 0.1) is 18.6 Å². The minimum absolute atomic E-state index is 0.0861. The first-order valence-electron chi connectivity index (χ1n) is 7.96. The van der Waals surface area contributed by atoms with Gasteiger partial charge >= 0.3 is 5.97 Å². The summed E-state index contributed by atoms with van der Waals surface area (Å²) in [5.41, 5.74) is -0.790. The summed E-state index contributed by atoms with van der Waals surface area (Å²) in [6.07, 6.45) is 1.91. The smallest absolute Gasteiger partial charge is 0.338 e. The predicted octanol–water partition coefficient (Wildman–Crippen LogP) is 2.99. The van der Waals surface area contributed by atoms with E-state index in [2.05, 4.69) is 15.9 Å². The molecule has 1 aromatic carbocycles. The van der Waals surface area contributed by atoms with Crippen molar-refractivity contribution in [2.24, 2.45) is 5.92 Å². The van der Waals surface area contributed by atoms with Gasteiger partial charge in [-0.25, -0.2) is 4.79 Å². The zero-order chi connectivity index (χ0) is 16.5. The lowest BCUT2D eigenvalue weighted by Gasteiger charge is -2.67. The maximum Gasteiger partial charge on any atom is 0.338 e. The Kier molecular flexibility index (Phi) is 3.11. The number of rotatable bonds is 2. The van der Waals surface area contributed by atoms with Crippen LogP contribution in [0.4, 0.5) is 0 Å². The highest BCUT2D eigenvalue weighted by atomic mass is 79.9. The molecule has 0 unspecified atom stereocenters. The third-order valence-electron chi connectivity index (χ3n) is 6.05. The summed E-state index contributed by atoms with van der Waals surface area (Å²) in [6, 6.07) is 9.91. The lowest BCUT2D eigenvalue weighted by Crippen LogP contribution is -2.80. The van der Waals surface area contributed by atoms with Gasteiger partial charge in [-0.3, -0.25) is 4.79 Å². The standard InChI is InChI=1S/C18H19BrO4/c1-16-9-8-12-14(20)18(16,19)13(11-6-4-3-5-7-11)10-17(12,23-16)15(21)22-2/h3-7,12-13H,8-10H2,1-2H3/t12-,13+,16+,17+,18+/m0/s1. The number of carbonyl (C=O) groups excluding carboxylic acids is 2. The van der Waals surface area contributed by atoms with E-state index in [1.54, 1.807) is 0 Å². The summed E-state index contributed by atoms with van der Waals surface area (Å²) in [7, 11) is 1.36. The van der Waals surface area contributed by atoms with Crippen LogP contribution in [0.15, 0.2) is 30.3 Å². The molecule has 0 spiro atoms. The number of benzene rings is 1. The fraction of sp³-hybridized carbons (Fsp3) is 0.556. The van der Waals surface area contributed by atoms with Crippen LogP contribution in [0.2, 0.25) is 0 Å². The number of hydrogen-bond donors (Lipinski definition) is 0. The number of ketones is 1. The van der Waals surface area contributed by atoms with Gasteiger partial charge in [-0.2, -0.15) is 0 Å². The second kappa shape index (κ2) is 4.67. The molecule has 2 aliphatic carbocycles. The largest absolute Gasteiger partial charge is 0.467 e. The van der Waals surface area contributed by atoms with E-state index >= 15 is 0 Å². The van der Waals surface area contributed by atoms with Gasteiger partial charge in [0, 0.05) is 5.92 Å². The second-order valence-electron chi connectivity index (χ2n) is 7.05. The summed E-state index contributed by atoms with van der Waals surface area (Å²) in [5.74, 6) is -0.860. The topological polar surface area (TPSA) is 52.6 Å². The molecular weight excluding hydrogens is 360 g/mol. The molecule has 0 N–H and O–H groups in total. The van der Waals surface area contributed by atoms with E-state index in [1.807, 2.05) is 37.3 Å². The van der Waals surface area contributed by atoms with Gasteiger partial charge in [-0.1, -0.05) is 46.3 Å². The van der Waals surface area contributed by atoms with Gasteiger partial charge in [0.15, 0.2) is 11.4 Å². The van der Waals surface area contributed by atoms with Crippen molar-refractivity contribution < 1.29 is 19.1 Å². The third-order valence-corrected chi connectivity index (χ3v) is 7.83. The maximum absolute atomic E-state index is 13.3. The first kappa shape index (κ1) is 15.3. The summed E-state index contributed by atoms with van der Waals surface area (Å²) in [4.78, 5) is 25.8. The van der Waals surface area contributed by atoms with Crippen LogP contribution in [0, 0.1) is 5.92 Å². The molecular formula is C18H19BrO4. The van der Waals surface area contributed by atoms with Crippen LogP contribution in [-0.4, -0.2) is 34.4 Å². The molecule has 5 heteroatoms. The predicted molar refractivity (Wildman–Crippen MR) is 87.4 cm³/mol. The van der Waals surface area contributed by atoms with Crippen molar-refractivity contribution in [3.05, 3.63) is 35.9 Å². The molecule has 3 saturated heterocycles. The number of carbonyl (C=O) groups is 2. The number of Topliss-reactive ketones (excluding diaryl/α,β-unsaturated/α-hetero) is 1. The minimum Gasteiger partial charge on any atom is -0.467 e. The van der Waals surface area contributed by atoms with Crippen LogP contribution in [0.5, 0.6) is 0 Å². The van der Waals surface area contributed by atoms with Gasteiger partial charge < -0.3 is 9.47 Å². The van der Waals surface area contributed by atoms with Crippen LogP contribution in [0.1, 0.15) is 37.7 Å². The van der Waals surface area contributed by atoms with Crippen molar-refractivity contribution in [3.8, 4) is 0 Å². The number of ether oxygens (including phenoxy) is 2. The molecule has 3 aliphatic heterocycles. The van der Waals surface area contributed by atoms with Crippen molar-refractivity contribution in [3.63, 3.8) is 0 Å². The average molecular weight is 379 g/mol. The van der Waals surface area contributed by atoms with Crippen LogP contribution in [0.3, 0.4) is 0 Å². The minimum atomic E-state index is -1.14. The normalized spacial score (nSPS) is 44.4. The SMILES string of the molecule is COC(=O)[C@@]12C[C@H](c3ccccc3)[C@@]3(Br)C(=O)[C@@H]1CC[C@@]3(C)O2. The van der Waals surface area contributed by atoms with Crippen LogP contribution >= 0.6 is 15.9 Å². The van der Waals surface area contributed by atoms with Crippen molar-refractivity contribution >= 4 is 27.7 Å². The molecule has 0 radical (unpaired) electrons. The number of alkyl halides is 1. The molecule has 122 valence electrons. The summed E-state index contributed by atoms with van der Waals surface area (Å²) < 4.78 is 10.6. The molecule has 5 fully saturated rings. The van der Waals surface area contributed by atoms with Gasteiger partial charge in [0.1, 0.15) is 4.32 Å². The fourth-order valence-corrected chi connectivity index (χ4v) is 5.91. The van der Waals surface area contributed by atoms with Crippen molar-refractivity contribution in [1.82, 2.24) is 0 Å². The summed E-state index contributed by atoms with van der Waals surface area (Å²) in [6.45, 7) is 1.95. The number of fused-ring (bicyclic) bond motifs is 2. The molecule has 5 atom stereocenters. The Morgan fingerprint density at radius 3 is 2.61 bits per heavy atom. The molecule has 0 amide bonds. The monoisotopic (exact) mass is 378 g/mol. The molecule has 6 rings (SSSR count). The van der Waals surface area contributed by atoms with E-state index in [9.17, 15) is 9.59 Å². The molecule has 4 bridgehead atoms. The molecule has 4 nitrogen and oxygen atoms in total. The van der Waals surface area contributed by atoms with Gasteiger partial charge in [-0.15, -0.1) is 0 Å². The zero-order valence-corrected chi connectivity index (χ0v) is 14.8. The zero-order valence-electron chi connectivity index (χ0n) is 13.2. The number of halogens is 1. The van der Waals surface area contributed by atoms with Gasteiger partial charge in [0.2, 0.25) is 0 Å². The molecule has 2 saturated carbocycles.